The fraction of sp³-hybridized carbons (Fsp3) is 0.125. The zero-order chi connectivity index (χ0) is 10.8. The summed E-state index contributed by atoms with van der Waals surface area (Å²) in [6.45, 7) is 1.70. The van der Waals surface area contributed by atoms with E-state index in [-0.39, 0.29) is 5.69 Å². The van der Waals surface area contributed by atoms with Gasteiger partial charge in [0.25, 0.3) is 5.69 Å². The summed E-state index contributed by atoms with van der Waals surface area (Å²) in [6.07, 6.45) is 2.34. The molecule has 0 unspecified atom stereocenters. The van der Waals surface area contributed by atoms with Gasteiger partial charge in [0, 0.05) is 6.07 Å². The van der Waals surface area contributed by atoms with Crippen LogP contribution in [0.25, 0.3) is 11.5 Å². The Hall–Kier alpha value is -2.31. The van der Waals surface area contributed by atoms with Gasteiger partial charge in [-0.05, 0) is 12.5 Å². The van der Waals surface area contributed by atoms with E-state index in [0.29, 0.717) is 17.1 Å². The summed E-state index contributed by atoms with van der Waals surface area (Å²) >= 11 is 0. The Labute approximate surface area is 83.9 Å². The summed E-state index contributed by atoms with van der Waals surface area (Å²) in [6, 6.07) is 1.42. The van der Waals surface area contributed by atoms with Crippen molar-refractivity contribution in [1.29, 1.82) is 0 Å². The van der Waals surface area contributed by atoms with Gasteiger partial charge in [-0.2, -0.15) is 4.98 Å². The minimum atomic E-state index is -0.500. The molecule has 0 fully saturated rings. The van der Waals surface area contributed by atoms with Crippen LogP contribution < -0.4 is 0 Å². The molecule has 7 nitrogen and oxygen atoms in total. The van der Waals surface area contributed by atoms with Crippen molar-refractivity contribution in [3.63, 3.8) is 0 Å². The van der Waals surface area contributed by atoms with Crippen LogP contribution in [0, 0.1) is 17.0 Å². The molecule has 0 atom stereocenters. The number of aryl methyl sites for hydroxylation is 1. The SMILES string of the molecule is Cc1cc([N+](=O)[O-])cnc1-c1ncon1. The first-order valence-corrected chi connectivity index (χ1v) is 4.06. The number of nitrogens with zero attached hydrogens (tertiary/aromatic N) is 4. The molecular formula is C8H6N4O3. The van der Waals surface area contributed by atoms with Gasteiger partial charge in [0.1, 0.15) is 11.9 Å². The largest absolute Gasteiger partial charge is 0.342 e. The van der Waals surface area contributed by atoms with Crippen molar-refractivity contribution in [2.24, 2.45) is 0 Å². The van der Waals surface area contributed by atoms with Gasteiger partial charge in [-0.15, -0.1) is 0 Å². The van der Waals surface area contributed by atoms with Crippen LogP contribution in [0.4, 0.5) is 5.69 Å². The quantitative estimate of drug-likeness (QED) is 0.543. The lowest BCUT2D eigenvalue weighted by molar-refractivity contribution is -0.385. The van der Waals surface area contributed by atoms with Crippen LogP contribution in [0.3, 0.4) is 0 Å². The highest BCUT2D eigenvalue weighted by atomic mass is 16.6. The van der Waals surface area contributed by atoms with Crippen molar-refractivity contribution < 1.29 is 9.45 Å². The fourth-order valence-electron chi connectivity index (χ4n) is 1.17. The maximum absolute atomic E-state index is 10.5. The lowest BCUT2D eigenvalue weighted by atomic mass is 10.2. The van der Waals surface area contributed by atoms with Crippen LogP contribution in [0.2, 0.25) is 0 Å². The summed E-state index contributed by atoms with van der Waals surface area (Å²) in [7, 11) is 0. The fourth-order valence-corrected chi connectivity index (χ4v) is 1.17. The Bertz CT molecular complexity index is 495. The van der Waals surface area contributed by atoms with Crippen LogP contribution in [0.5, 0.6) is 0 Å². The summed E-state index contributed by atoms with van der Waals surface area (Å²) in [5.41, 5.74) is 1.06. The second kappa shape index (κ2) is 3.45. The van der Waals surface area contributed by atoms with Gasteiger partial charge >= 0.3 is 0 Å². The highest BCUT2D eigenvalue weighted by Crippen LogP contribution is 2.20. The number of hydrogen-bond donors (Lipinski definition) is 0. The summed E-state index contributed by atoms with van der Waals surface area (Å²) in [5.74, 6) is 0.322. The Morgan fingerprint density at radius 3 is 2.80 bits per heavy atom. The second-order valence-corrected chi connectivity index (χ2v) is 2.87. The molecule has 0 radical (unpaired) electrons. The Morgan fingerprint density at radius 1 is 1.47 bits per heavy atom. The molecule has 2 aromatic heterocycles. The molecule has 0 spiro atoms. The van der Waals surface area contributed by atoms with E-state index in [1.807, 2.05) is 0 Å². The standard InChI is InChI=1S/C8H6N4O3/c1-5-2-6(12(13)14)3-9-7(5)8-10-4-15-11-8/h2-4H,1H3. The molecule has 0 aliphatic carbocycles. The van der Waals surface area contributed by atoms with Crippen LogP contribution in [-0.2, 0) is 0 Å². The summed E-state index contributed by atoms with van der Waals surface area (Å²) in [5, 5.41) is 14.1. The molecule has 2 aromatic rings. The highest BCUT2D eigenvalue weighted by Gasteiger charge is 2.13. The molecule has 0 aliphatic rings. The van der Waals surface area contributed by atoms with Crippen molar-refractivity contribution in [2.45, 2.75) is 6.92 Å². The molecule has 0 saturated heterocycles. The first kappa shape index (κ1) is 9.25. The first-order valence-electron chi connectivity index (χ1n) is 4.06. The number of pyridine rings is 1. The van der Waals surface area contributed by atoms with Crippen LogP contribution in [0.1, 0.15) is 5.56 Å². The second-order valence-electron chi connectivity index (χ2n) is 2.87. The third kappa shape index (κ3) is 1.66. The van der Waals surface area contributed by atoms with E-state index < -0.39 is 4.92 Å². The maximum atomic E-state index is 10.5. The van der Waals surface area contributed by atoms with Crippen LogP contribution in [0.15, 0.2) is 23.2 Å². The van der Waals surface area contributed by atoms with Crippen molar-refractivity contribution in [2.75, 3.05) is 0 Å². The predicted octanol–water partition coefficient (Wildman–Crippen LogP) is 1.35. The van der Waals surface area contributed by atoms with E-state index in [9.17, 15) is 10.1 Å². The van der Waals surface area contributed by atoms with Gasteiger partial charge < -0.3 is 4.52 Å². The number of nitro groups is 1. The molecule has 0 saturated carbocycles. The topological polar surface area (TPSA) is 95.0 Å². The van der Waals surface area contributed by atoms with E-state index in [1.54, 1.807) is 6.92 Å². The molecule has 76 valence electrons. The molecule has 2 heterocycles. The van der Waals surface area contributed by atoms with E-state index in [4.69, 9.17) is 0 Å². The smallest absolute Gasteiger partial charge is 0.287 e. The predicted molar refractivity (Wildman–Crippen MR) is 48.9 cm³/mol. The number of rotatable bonds is 2. The average Bonchev–Trinajstić information content (AvgIpc) is 2.70. The Kier molecular flexibility index (Phi) is 2.13. The summed E-state index contributed by atoms with van der Waals surface area (Å²) in [4.78, 5) is 17.7. The van der Waals surface area contributed by atoms with Gasteiger partial charge in [0.2, 0.25) is 12.2 Å². The van der Waals surface area contributed by atoms with Crippen molar-refractivity contribution in [3.05, 3.63) is 34.3 Å². The zero-order valence-electron chi connectivity index (χ0n) is 7.75. The van der Waals surface area contributed by atoms with Crippen LogP contribution in [-0.4, -0.2) is 20.0 Å². The molecular weight excluding hydrogens is 200 g/mol. The molecule has 0 aliphatic heterocycles. The molecule has 0 N–H and O–H groups in total. The summed E-state index contributed by atoms with van der Waals surface area (Å²) < 4.78 is 4.57. The monoisotopic (exact) mass is 206 g/mol. The molecule has 0 bridgehead atoms. The van der Waals surface area contributed by atoms with Gasteiger partial charge in [0.05, 0.1) is 4.92 Å². The maximum Gasteiger partial charge on any atom is 0.287 e. The Balaban J connectivity index is 2.48. The van der Waals surface area contributed by atoms with Crippen molar-refractivity contribution >= 4 is 5.69 Å². The van der Waals surface area contributed by atoms with Gasteiger partial charge in [0.15, 0.2) is 0 Å². The van der Waals surface area contributed by atoms with Gasteiger partial charge in [-0.1, -0.05) is 5.16 Å². The molecule has 0 aromatic carbocycles. The Morgan fingerprint density at radius 2 is 2.27 bits per heavy atom. The zero-order valence-corrected chi connectivity index (χ0v) is 7.75. The first-order chi connectivity index (χ1) is 7.18. The third-order valence-corrected chi connectivity index (χ3v) is 1.85. The third-order valence-electron chi connectivity index (χ3n) is 1.85. The lowest BCUT2D eigenvalue weighted by Crippen LogP contribution is -1.94. The van der Waals surface area contributed by atoms with E-state index in [1.165, 1.54) is 18.7 Å². The van der Waals surface area contributed by atoms with Crippen LogP contribution >= 0.6 is 0 Å². The average molecular weight is 206 g/mol. The minimum Gasteiger partial charge on any atom is -0.342 e. The molecule has 7 heteroatoms. The minimum absolute atomic E-state index is 0.0558. The normalized spacial score (nSPS) is 10.2. The van der Waals surface area contributed by atoms with Crippen molar-refractivity contribution in [3.8, 4) is 11.5 Å². The van der Waals surface area contributed by atoms with E-state index >= 15 is 0 Å². The lowest BCUT2D eigenvalue weighted by Gasteiger charge is -1.98. The number of hydrogen-bond acceptors (Lipinski definition) is 6. The molecule has 2 rings (SSSR count). The number of aromatic nitrogens is 3. The van der Waals surface area contributed by atoms with Gasteiger partial charge in [-0.3, -0.25) is 10.1 Å². The van der Waals surface area contributed by atoms with Crippen molar-refractivity contribution in [1.82, 2.24) is 15.1 Å². The van der Waals surface area contributed by atoms with Gasteiger partial charge in [-0.25, -0.2) is 4.98 Å². The highest BCUT2D eigenvalue weighted by molar-refractivity contribution is 5.55. The molecule has 0 amide bonds. The van der Waals surface area contributed by atoms with E-state index in [0.717, 1.165) is 0 Å². The van der Waals surface area contributed by atoms with E-state index in [2.05, 4.69) is 19.6 Å². The molecule has 15 heavy (non-hydrogen) atoms.